The van der Waals surface area contributed by atoms with Gasteiger partial charge >= 0.3 is 0 Å². The average Bonchev–Trinajstić information content (AvgIpc) is 3.09. The summed E-state index contributed by atoms with van der Waals surface area (Å²) in [5, 5.41) is 4.05. The molecule has 1 aromatic heterocycles. The fourth-order valence-corrected chi connectivity index (χ4v) is 5.99. The van der Waals surface area contributed by atoms with Gasteiger partial charge in [0.1, 0.15) is 0 Å². The number of thioether (sulfide) groups is 1. The van der Waals surface area contributed by atoms with E-state index >= 15 is 0 Å². The van der Waals surface area contributed by atoms with Crippen LogP contribution in [0.4, 0.5) is 5.69 Å². The minimum atomic E-state index is 0.00900. The van der Waals surface area contributed by atoms with Gasteiger partial charge in [-0.25, -0.2) is 4.98 Å². The molecule has 1 N–H and O–H groups in total. The highest BCUT2D eigenvalue weighted by atomic mass is 32.2. The smallest absolute Gasteiger partial charge is 0.253 e. The number of anilines is 1. The summed E-state index contributed by atoms with van der Waals surface area (Å²) in [5.41, 5.74) is 2.43. The highest BCUT2D eigenvalue weighted by Gasteiger charge is 2.28. The number of piperidine rings is 1. The predicted octanol–water partition coefficient (Wildman–Crippen LogP) is 4.75. The Kier molecular flexibility index (Phi) is 5.01. The number of rotatable bonds is 2. The van der Waals surface area contributed by atoms with Gasteiger partial charge in [0.05, 0.1) is 20.9 Å². The van der Waals surface area contributed by atoms with Crippen LogP contribution in [0.25, 0.3) is 10.2 Å². The van der Waals surface area contributed by atoms with E-state index in [1.165, 1.54) is 4.70 Å². The van der Waals surface area contributed by atoms with Gasteiger partial charge in [-0.3, -0.25) is 9.59 Å². The van der Waals surface area contributed by atoms with E-state index in [1.807, 2.05) is 41.3 Å². The van der Waals surface area contributed by atoms with Crippen molar-refractivity contribution in [1.29, 1.82) is 0 Å². The second-order valence-corrected chi connectivity index (χ2v) is 9.67. The number of hydrogen-bond donors (Lipinski definition) is 1. The first-order valence-electron chi connectivity index (χ1n) is 9.89. The van der Waals surface area contributed by atoms with Crippen molar-refractivity contribution in [3.8, 4) is 0 Å². The molecule has 0 unspecified atom stereocenters. The highest BCUT2D eigenvalue weighted by Crippen LogP contribution is 2.35. The van der Waals surface area contributed by atoms with Gasteiger partial charge in [0.25, 0.3) is 5.91 Å². The van der Waals surface area contributed by atoms with E-state index in [0.29, 0.717) is 18.5 Å². The molecule has 3 heterocycles. The Balaban J connectivity index is 1.36. The molecule has 7 heteroatoms. The molecule has 0 spiro atoms. The number of aromatic nitrogens is 1. The zero-order valence-corrected chi connectivity index (χ0v) is 17.5. The van der Waals surface area contributed by atoms with Crippen LogP contribution in [0.1, 0.15) is 40.5 Å². The van der Waals surface area contributed by atoms with Gasteiger partial charge in [0.15, 0.2) is 0 Å². The zero-order valence-electron chi connectivity index (χ0n) is 15.9. The Morgan fingerprint density at radius 2 is 2.10 bits per heavy atom. The topological polar surface area (TPSA) is 62.3 Å². The van der Waals surface area contributed by atoms with E-state index in [-0.39, 0.29) is 17.7 Å². The Labute approximate surface area is 177 Å². The summed E-state index contributed by atoms with van der Waals surface area (Å²) in [6.45, 7) is 1.45. The molecule has 0 aliphatic carbocycles. The van der Waals surface area contributed by atoms with Crippen molar-refractivity contribution in [3.63, 3.8) is 0 Å². The number of carbonyl (C=O) groups excluding carboxylic acids is 2. The van der Waals surface area contributed by atoms with Gasteiger partial charge in [-0.05, 0) is 43.2 Å². The van der Waals surface area contributed by atoms with Crippen LogP contribution in [-0.4, -0.2) is 40.5 Å². The average molecular weight is 424 g/mol. The monoisotopic (exact) mass is 423 g/mol. The minimum absolute atomic E-state index is 0.00900. The van der Waals surface area contributed by atoms with Crippen molar-refractivity contribution >= 4 is 50.8 Å². The summed E-state index contributed by atoms with van der Waals surface area (Å²) in [6, 6.07) is 13.9. The zero-order chi connectivity index (χ0) is 19.8. The fourth-order valence-electron chi connectivity index (χ4n) is 3.96. The maximum atomic E-state index is 13.2. The fraction of sp³-hybridized carbons (Fsp3) is 0.318. The first-order valence-corrected chi connectivity index (χ1v) is 11.7. The number of amides is 2. The molecule has 2 aromatic carbocycles. The van der Waals surface area contributed by atoms with Gasteiger partial charge < -0.3 is 10.2 Å². The summed E-state index contributed by atoms with van der Waals surface area (Å²) >= 11 is 3.39. The lowest BCUT2D eigenvalue weighted by Crippen LogP contribution is -2.39. The summed E-state index contributed by atoms with van der Waals surface area (Å²) in [4.78, 5) is 32.8. The molecule has 148 valence electrons. The molecule has 2 aliphatic heterocycles. The summed E-state index contributed by atoms with van der Waals surface area (Å²) in [5.74, 6) is 1.08. The molecule has 1 atom stereocenters. The lowest BCUT2D eigenvalue weighted by atomic mass is 9.98. The maximum absolute atomic E-state index is 13.2. The first-order chi connectivity index (χ1) is 14.2. The van der Waals surface area contributed by atoms with Crippen molar-refractivity contribution in [1.82, 2.24) is 9.88 Å². The lowest BCUT2D eigenvalue weighted by Gasteiger charge is -2.32. The highest BCUT2D eigenvalue weighted by molar-refractivity contribution is 7.99. The number of benzene rings is 2. The van der Waals surface area contributed by atoms with Crippen LogP contribution in [-0.2, 0) is 4.79 Å². The van der Waals surface area contributed by atoms with Crippen molar-refractivity contribution in [2.24, 2.45) is 0 Å². The van der Waals surface area contributed by atoms with Crippen LogP contribution in [0.2, 0.25) is 0 Å². The Bertz CT molecular complexity index is 1060. The number of nitrogens with one attached hydrogen (secondary N) is 1. The van der Waals surface area contributed by atoms with E-state index in [1.54, 1.807) is 23.1 Å². The van der Waals surface area contributed by atoms with Gasteiger partial charge in [0, 0.05) is 41.6 Å². The normalized spacial score (nSPS) is 19.5. The second kappa shape index (κ2) is 7.80. The first kappa shape index (κ1) is 18.6. The number of nitrogens with zero attached hydrogens (tertiary/aromatic N) is 2. The molecule has 0 radical (unpaired) electrons. The maximum Gasteiger partial charge on any atom is 0.253 e. The van der Waals surface area contributed by atoms with Crippen molar-refractivity contribution < 1.29 is 9.59 Å². The predicted molar refractivity (Wildman–Crippen MR) is 118 cm³/mol. The van der Waals surface area contributed by atoms with E-state index < -0.39 is 0 Å². The summed E-state index contributed by atoms with van der Waals surface area (Å²) in [7, 11) is 0. The van der Waals surface area contributed by atoms with E-state index in [2.05, 4.69) is 11.4 Å². The molecule has 5 nitrogen and oxygen atoms in total. The molecule has 1 saturated heterocycles. The molecule has 29 heavy (non-hydrogen) atoms. The second-order valence-electron chi connectivity index (χ2n) is 7.47. The van der Waals surface area contributed by atoms with Crippen molar-refractivity contribution in [2.75, 3.05) is 24.2 Å². The van der Waals surface area contributed by atoms with Gasteiger partial charge in [-0.2, -0.15) is 0 Å². The van der Waals surface area contributed by atoms with Crippen LogP contribution in [0.5, 0.6) is 0 Å². The molecule has 0 saturated carbocycles. The molecule has 1 fully saturated rings. The van der Waals surface area contributed by atoms with E-state index in [9.17, 15) is 9.59 Å². The number of likely N-dealkylation sites (tertiary alicyclic amines) is 1. The SMILES string of the molecule is O=C1CCSc2ccc(C(=O)N3CCC[C@H](c4nc5ccccc5s4)C3)cc2N1. The largest absolute Gasteiger partial charge is 0.338 e. The molecule has 5 rings (SSSR count). The number of thiazole rings is 1. The van der Waals surface area contributed by atoms with Crippen LogP contribution >= 0.6 is 23.1 Å². The standard InChI is InChI=1S/C22H21N3O2S2/c26-20-9-11-28-18-8-7-14(12-17(18)23-20)22(27)25-10-3-4-15(13-25)21-24-16-5-1-2-6-19(16)29-21/h1-2,5-8,12,15H,3-4,9-11,13H2,(H,23,26)/t15-/m0/s1. The van der Waals surface area contributed by atoms with E-state index in [4.69, 9.17) is 4.98 Å². The molecule has 3 aromatic rings. The Morgan fingerprint density at radius 1 is 1.21 bits per heavy atom. The third-order valence-electron chi connectivity index (χ3n) is 5.46. The Hall–Kier alpha value is -2.38. The Morgan fingerprint density at radius 3 is 3.00 bits per heavy atom. The van der Waals surface area contributed by atoms with Crippen molar-refractivity contribution in [2.45, 2.75) is 30.1 Å². The molecular weight excluding hydrogens is 402 g/mol. The van der Waals surface area contributed by atoms with Gasteiger partial charge in [-0.15, -0.1) is 23.1 Å². The van der Waals surface area contributed by atoms with E-state index in [0.717, 1.165) is 46.2 Å². The van der Waals surface area contributed by atoms with Crippen molar-refractivity contribution in [3.05, 3.63) is 53.0 Å². The number of hydrogen-bond acceptors (Lipinski definition) is 5. The molecule has 0 bridgehead atoms. The summed E-state index contributed by atoms with van der Waals surface area (Å²) in [6.07, 6.45) is 2.53. The van der Waals surface area contributed by atoms with Gasteiger partial charge in [0.2, 0.25) is 5.91 Å². The minimum Gasteiger partial charge on any atom is -0.338 e. The number of fused-ring (bicyclic) bond motifs is 2. The third-order valence-corrected chi connectivity index (χ3v) is 7.73. The number of para-hydroxylation sites is 1. The number of carbonyl (C=O) groups is 2. The van der Waals surface area contributed by atoms with Gasteiger partial charge in [-0.1, -0.05) is 12.1 Å². The van der Waals surface area contributed by atoms with Crippen LogP contribution in [0, 0.1) is 0 Å². The quantitative estimate of drug-likeness (QED) is 0.646. The van der Waals surface area contributed by atoms with Crippen LogP contribution in [0.3, 0.4) is 0 Å². The summed E-state index contributed by atoms with van der Waals surface area (Å²) < 4.78 is 1.20. The molecule has 2 amide bonds. The molecular formula is C22H21N3O2S2. The van der Waals surface area contributed by atoms with Crippen LogP contribution < -0.4 is 5.32 Å². The third kappa shape index (κ3) is 3.76. The molecule has 2 aliphatic rings. The lowest BCUT2D eigenvalue weighted by molar-refractivity contribution is -0.115. The van der Waals surface area contributed by atoms with Crippen LogP contribution in [0.15, 0.2) is 47.4 Å².